The van der Waals surface area contributed by atoms with Gasteiger partial charge < -0.3 is 31.3 Å². The van der Waals surface area contributed by atoms with Gasteiger partial charge in [0.1, 0.15) is 5.82 Å². The molecule has 2 fully saturated rings. The molecule has 0 unspecified atom stereocenters. The molecule has 8 nitrogen and oxygen atoms in total. The molecule has 2 aromatic rings. The van der Waals surface area contributed by atoms with Gasteiger partial charge in [-0.25, -0.2) is 4.98 Å². The van der Waals surface area contributed by atoms with E-state index < -0.39 is 0 Å². The van der Waals surface area contributed by atoms with Crippen LogP contribution in [0.15, 0.2) is 36.4 Å². The summed E-state index contributed by atoms with van der Waals surface area (Å²) in [5, 5.41) is 9.89. The zero-order valence-electron chi connectivity index (χ0n) is 18.1. The monoisotopic (exact) mass is 424 g/mol. The summed E-state index contributed by atoms with van der Waals surface area (Å²) in [6, 6.07) is 11.7. The normalized spacial score (nSPS) is 18.5. The van der Waals surface area contributed by atoms with Gasteiger partial charge >= 0.3 is 0 Å². The van der Waals surface area contributed by atoms with Gasteiger partial charge in [0.2, 0.25) is 0 Å². The predicted octanol–water partition coefficient (Wildman–Crippen LogP) is 2.82. The summed E-state index contributed by atoms with van der Waals surface area (Å²) < 4.78 is 5.41. The second-order valence-corrected chi connectivity index (χ2v) is 8.42. The third-order valence-corrected chi connectivity index (χ3v) is 5.94. The molecule has 4 rings (SSSR count). The second-order valence-electron chi connectivity index (χ2n) is 8.42. The van der Waals surface area contributed by atoms with Gasteiger partial charge in [0.25, 0.3) is 5.91 Å². The molecule has 1 aromatic carbocycles. The topological polar surface area (TPSA) is 105 Å². The van der Waals surface area contributed by atoms with Crippen LogP contribution in [0.2, 0.25) is 0 Å². The van der Waals surface area contributed by atoms with E-state index in [4.69, 9.17) is 10.5 Å². The number of nitrogen functional groups attached to an aromatic ring is 1. The molecule has 0 spiro atoms. The number of nitrogens with two attached hydrogens (primary N) is 1. The minimum absolute atomic E-state index is 0.0367. The highest BCUT2D eigenvalue weighted by molar-refractivity contribution is 5.95. The molecule has 8 heteroatoms. The number of benzene rings is 1. The number of amides is 1. The Balaban J connectivity index is 1.40. The Morgan fingerprint density at radius 1 is 1.10 bits per heavy atom. The number of likely N-dealkylation sites (tertiary alicyclic amines) is 1. The van der Waals surface area contributed by atoms with E-state index in [0.29, 0.717) is 28.9 Å². The van der Waals surface area contributed by atoms with Crippen LogP contribution in [0.1, 0.15) is 36.0 Å². The second kappa shape index (κ2) is 9.98. The number of piperidine rings is 1. The van der Waals surface area contributed by atoms with Crippen molar-refractivity contribution in [2.75, 3.05) is 49.7 Å². The van der Waals surface area contributed by atoms with E-state index in [-0.39, 0.29) is 11.9 Å². The molecule has 5 N–H and O–H groups in total. The molecule has 2 aliphatic heterocycles. The highest BCUT2D eigenvalue weighted by atomic mass is 16.5. The van der Waals surface area contributed by atoms with Crippen LogP contribution in [0.3, 0.4) is 0 Å². The standard InChI is InChI=1S/C23H32N6O2/c1-29-11-7-17(8-12-29)27-23(30)16-3-2-4-19(15-16)25-21-6-5-20(24)22(28-21)26-18-9-13-31-14-10-18/h2-6,15,17-18H,7-14,24H2,1H3,(H,27,30)(H2,25,26,28). The van der Waals surface area contributed by atoms with Crippen LogP contribution in [-0.2, 0) is 4.74 Å². The fraction of sp³-hybridized carbons (Fsp3) is 0.478. The summed E-state index contributed by atoms with van der Waals surface area (Å²) in [6.45, 7) is 3.53. The van der Waals surface area contributed by atoms with Gasteiger partial charge in [-0.1, -0.05) is 6.07 Å². The van der Waals surface area contributed by atoms with Crippen LogP contribution in [0.25, 0.3) is 0 Å². The average molecular weight is 425 g/mol. The Morgan fingerprint density at radius 3 is 2.65 bits per heavy atom. The van der Waals surface area contributed by atoms with Crippen molar-refractivity contribution in [3.63, 3.8) is 0 Å². The molecule has 1 amide bonds. The SMILES string of the molecule is CN1CCC(NC(=O)c2cccc(Nc3ccc(N)c(NC4CCOCC4)n3)c2)CC1. The molecule has 31 heavy (non-hydrogen) atoms. The molecular formula is C23H32N6O2. The fourth-order valence-corrected chi connectivity index (χ4v) is 4.00. The van der Waals surface area contributed by atoms with E-state index in [0.717, 1.165) is 57.7 Å². The van der Waals surface area contributed by atoms with Crippen molar-refractivity contribution < 1.29 is 9.53 Å². The number of carbonyl (C=O) groups is 1. The maximum absolute atomic E-state index is 12.7. The number of hydrogen-bond donors (Lipinski definition) is 4. The number of nitrogens with one attached hydrogen (secondary N) is 3. The van der Waals surface area contributed by atoms with Gasteiger partial charge in [-0.05, 0) is 76.2 Å². The van der Waals surface area contributed by atoms with Crippen molar-refractivity contribution in [2.24, 2.45) is 0 Å². The first-order valence-corrected chi connectivity index (χ1v) is 11.0. The largest absolute Gasteiger partial charge is 0.396 e. The van der Waals surface area contributed by atoms with Crippen molar-refractivity contribution in [1.82, 2.24) is 15.2 Å². The van der Waals surface area contributed by atoms with Crippen LogP contribution in [-0.4, -0.2) is 61.2 Å². The van der Waals surface area contributed by atoms with Gasteiger partial charge in [-0.3, -0.25) is 4.79 Å². The predicted molar refractivity (Wildman–Crippen MR) is 124 cm³/mol. The van der Waals surface area contributed by atoms with Gasteiger partial charge in [0.15, 0.2) is 5.82 Å². The minimum atomic E-state index is -0.0367. The van der Waals surface area contributed by atoms with Gasteiger partial charge in [-0.2, -0.15) is 0 Å². The molecule has 3 heterocycles. The Bertz CT molecular complexity index is 891. The molecule has 0 radical (unpaired) electrons. The first-order chi connectivity index (χ1) is 15.1. The van der Waals surface area contributed by atoms with Crippen molar-refractivity contribution in [2.45, 2.75) is 37.8 Å². The zero-order chi connectivity index (χ0) is 21.6. The maximum atomic E-state index is 12.7. The lowest BCUT2D eigenvalue weighted by molar-refractivity contribution is 0.0903. The molecule has 2 aliphatic rings. The molecule has 0 saturated carbocycles. The van der Waals surface area contributed by atoms with E-state index in [2.05, 4.69) is 32.9 Å². The summed E-state index contributed by atoms with van der Waals surface area (Å²) >= 11 is 0. The summed E-state index contributed by atoms with van der Waals surface area (Å²) in [6.07, 6.45) is 3.84. The molecular weight excluding hydrogens is 392 g/mol. The van der Waals surface area contributed by atoms with Crippen LogP contribution in [0, 0.1) is 0 Å². The number of aromatic nitrogens is 1. The lowest BCUT2D eigenvalue weighted by atomic mass is 10.0. The first kappa shape index (κ1) is 21.4. The quantitative estimate of drug-likeness (QED) is 0.565. The molecule has 0 atom stereocenters. The van der Waals surface area contributed by atoms with Crippen LogP contribution in [0.4, 0.5) is 23.0 Å². The van der Waals surface area contributed by atoms with Gasteiger partial charge in [0.05, 0.1) is 5.69 Å². The van der Waals surface area contributed by atoms with Crippen LogP contribution < -0.4 is 21.7 Å². The van der Waals surface area contributed by atoms with Crippen molar-refractivity contribution in [1.29, 1.82) is 0 Å². The summed E-state index contributed by atoms with van der Waals surface area (Å²) in [4.78, 5) is 19.6. The molecule has 0 bridgehead atoms. The molecule has 166 valence electrons. The Hall–Kier alpha value is -2.84. The van der Waals surface area contributed by atoms with Crippen molar-refractivity contribution >= 4 is 28.9 Å². The average Bonchev–Trinajstić information content (AvgIpc) is 2.78. The highest BCUT2D eigenvalue weighted by Crippen LogP contribution is 2.24. The van der Waals surface area contributed by atoms with E-state index in [9.17, 15) is 4.79 Å². The highest BCUT2D eigenvalue weighted by Gasteiger charge is 2.19. The van der Waals surface area contributed by atoms with E-state index in [1.165, 1.54) is 0 Å². The van der Waals surface area contributed by atoms with E-state index >= 15 is 0 Å². The lowest BCUT2D eigenvalue weighted by Crippen LogP contribution is -2.43. The Labute approximate surface area is 183 Å². The van der Waals surface area contributed by atoms with Crippen molar-refractivity contribution in [3.05, 3.63) is 42.0 Å². The number of nitrogens with zero attached hydrogens (tertiary/aromatic N) is 2. The summed E-state index contributed by atoms with van der Waals surface area (Å²) in [5.74, 6) is 1.31. The third-order valence-electron chi connectivity index (χ3n) is 5.94. The number of rotatable bonds is 6. The number of anilines is 4. The minimum Gasteiger partial charge on any atom is -0.396 e. The van der Waals surface area contributed by atoms with Crippen molar-refractivity contribution in [3.8, 4) is 0 Å². The van der Waals surface area contributed by atoms with Gasteiger partial charge in [-0.15, -0.1) is 0 Å². The smallest absolute Gasteiger partial charge is 0.251 e. The number of pyridine rings is 1. The summed E-state index contributed by atoms with van der Waals surface area (Å²) in [7, 11) is 2.11. The third kappa shape index (κ3) is 5.86. The Morgan fingerprint density at radius 2 is 1.87 bits per heavy atom. The van der Waals surface area contributed by atoms with E-state index in [1.54, 1.807) is 0 Å². The lowest BCUT2D eigenvalue weighted by Gasteiger charge is -2.29. The van der Waals surface area contributed by atoms with E-state index in [1.807, 2.05) is 36.4 Å². The fourth-order valence-electron chi connectivity index (χ4n) is 4.00. The Kier molecular flexibility index (Phi) is 6.89. The number of ether oxygens (including phenoxy) is 1. The summed E-state index contributed by atoms with van der Waals surface area (Å²) in [5.41, 5.74) is 8.18. The molecule has 1 aromatic heterocycles. The maximum Gasteiger partial charge on any atom is 0.251 e. The molecule has 2 saturated heterocycles. The van der Waals surface area contributed by atoms with Crippen LogP contribution >= 0.6 is 0 Å². The van der Waals surface area contributed by atoms with Gasteiger partial charge in [0, 0.05) is 36.5 Å². The number of carbonyl (C=O) groups excluding carboxylic acids is 1. The number of hydrogen-bond acceptors (Lipinski definition) is 7. The first-order valence-electron chi connectivity index (χ1n) is 11.0. The molecule has 0 aliphatic carbocycles. The van der Waals surface area contributed by atoms with Crippen LogP contribution in [0.5, 0.6) is 0 Å². The zero-order valence-corrected chi connectivity index (χ0v) is 18.1.